The predicted molar refractivity (Wildman–Crippen MR) is 67.9 cm³/mol. The Labute approximate surface area is 105 Å². The molecule has 1 aromatic rings. The van der Waals surface area contributed by atoms with Crippen molar-refractivity contribution in [2.75, 3.05) is 6.54 Å². The number of benzene rings is 1. The molecule has 0 radical (unpaired) electrons. The van der Waals surface area contributed by atoms with Crippen LogP contribution in [0.15, 0.2) is 22.7 Å². The van der Waals surface area contributed by atoms with Gasteiger partial charge in [0.25, 0.3) is 0 Å². The van der Waals surface area contributed by atoms with E-state index < -0.39 is 0 Å². The monoisotopic (exact) mass is 285 g/mol. The van der Waals surface area contributed by atoms with Crippen molar-refractivity contribution in [2.45, 2.75) is 32.7 Å². The lowest BCUT2D eigenvalue weighted by Crippen LogP contribution is -2.28. The van der Waals surface area contributed by atoms with E-state index in [0.717, 1.165) is 16.6 Å². The van der Waals surface area contributed by atoms with Crippen LogP contribution in [0.3, 0.4) is 0 Å². The molecule has 1 nitrogen and oxygen atoms in total. The van der Waals surface area contributed by atoms with E-state index in [1.165, 1.54) is 18.9 Å². The first-order valence-corrected chi connectivity index (χ1v) is 6.54. The van der Waals surface area contributed by atoms with Gasteiger partial charge in [-0.05, 0) is 43.0 Å². The summed E-state index contributed by atoms with van der Waals surface area (Å²) >= 11 is 3.41. The molecule has 1 aliphatic carbocycles. The summed E-state index contributed by atoms with van der Waals surface area (Å²) in [5, 5.41) is 3.41. The second-order valence-corrected chi connectivity index (χ2v) is 5.73. The van der Waals surface area contributed by atoms with Gasteiger partial charge in [-0.1, -0.05) is 29.8 Å². The van der Waals surface area contributed by atoms with Crippen molar-refractivity contribution in [1.82, 2.24) is 5.32 Å². The van der Waals surface area contributed by atoms with Crippen LogP contribution in [0.1, 0.15) is 38.3 Å². The van der Waals surface area contributed by atoms with E-state index in [2.05, 4.69) is 35.1 Å². The molecule has 88 valence electrons. The summed E-state index contributed by atoms with van der Waals surface area (Å²) in [5.41, 5.74) is 1.02. The number of hydrogen-bond acceptors (Lipinski definition) is 1. The van der Waals surface area contributed by atoms with Crippen LogP contribution in [0.5, 0.6) is 0 Å². The second-order valence-electron chi connectivity index (χ2n) is 4.81. The molecular weight excluding hydrogens is 269 g/mol. The maximum absolute atomic E-state index is 13.8. The smallest absolute Gasteiger partial charge is 0.128 e. The van der Waals surface area contributed by atoms with Crippen LogP contribution >= 0.6 is 15.9 Å². The van der Waals surface area contributed by atoms with Crippen LogP contribution in [-0.4, -0.2) is 6.54 Å². The fraction of sp³-hybridized carbons (Fsp3) is 0.538. The van der Waals surface area contributed by atoms with Gasteiger partial charge in [0.05, 0.1) is 0 Å². The van der Waals surface area contributed by atoms with Crippen molar-refractivity contribution in [3.8, 4) is 0 Å². The zero-order valence-electron chi connectivity index (χ0n) is 9.69. The lowest BCUT2D eigenvalue weighted by Gasteiger charge is -2.25. The zero-order valence-corrected chi connectivity index (χ0v) is 11.3. The Morgan fingerprint density at radius 2 is 2.19 bits per heavy atom. The Hall–Kier alpha value is -0.410. The number of halogens is 2. The van der Waals surface area contributed by atoms with E-state index in [4.69, 9.17) is 0 Å². The summed E-state index contributed by atoms with van der Waals surface area (Å²) in [7, 11) is 0. The highest BCUT2D eigenvalue weighted by Gasteiger charge is 2.45. The summed E-state index contributed by atoms with van der Waals surface area (Å²) < 4.78 is 14.8. The van der Waals surface area contributed by atoms with Gasteiger partial charge in [0.1, 0.15) is 5.82 Å². The van der Waals surface area contributed by atoms with Crippen LogP contribution in [-0.2, 0) is 0 Å². The van der Waals surface area contributed by atoms with Gasteiger partial charge in [-0.15, -0.1) is 0 Å². The molecule has 1 aliphatic rings. The van der Waals surface area contributed by atoms with Crippen LogP contribution in [0, 0.1) is 11.2 Å². The van der Waals surface area contributed by atoms with Gasteiger partial charge in [-0.2, -0.15) is 0 Å². The lowest BCUT2D eigenvalue weighted by atomic mass is 9.91. The van der Waals surface area contributed by atoms with Gasteiger partial charge in [0.15, 0.2) is 0 Å². The van der Waals surface area contributed by atoms with Gasteiger partial charge >= 0.3 is 0 Å². The Balaban J connectivity index is 2.34. The standard InChI is InChI=1S/C13H17BrFN/c1-3-16-12(13(2)6-7-13)10-8-9(14)4-5-11(10)15/h4-5,8,12,16H,3,6-7H2,1-2H3. The van der Waals surface area contributed by atoms with E-state index >= 15 is 0 Å². The summed E-state index contributed by atoms with van der Waals surface area (Å²) in [6, 6.07) is 5.31. The molecule has 1 atom stereocenters. The molecule has 1 fully saturated rings. The highest BCUT2D eigenvalue weighted by atomic mass is 79.9. The van der Waals surface area contributed by atoms with Crippen LogP contribution in [0.2, 0.25) is 0 Å². The van der Waals surface area contributed by atoms with Gasteiger partial charge in [-0.3, -0.25) is 0 Å². The SMILES string of the molecule is CCNC(c1cc(Br)ccc1F)C1(C)CC1. The summed E-state index contributed by atoms with van der Waals surface area (Å²) in [6.07, 6.45) is 2.35. The van der Waals surface area contributed by atoms with Crippen molar-refractivity contribution >= 4 is 15.9 Å². The quantitative estimate of drug-likeness (QED) is 0.881. The molecule has 2 rings (SSSR count). The second kappa shape index (κ2) is 4.46. The van der Waals surface area contributed by atoms with E-state index in [-0.39, 0.29) is 17.3 Å². The minimum absolute atomic E-state index is 0.109. The molecule has 0 aliphatic heterocycles. The van der Waals surface area contributed by atoms with Gasteiger partial charge in [-0.25, -0.2) is 4.39 Å². The Morgan fingerprint density at radius 3 is 2.75 bits per heavy atom. The van der Waals surface area contributed by atoms with E-state index in [0.29, 0.717) is 0 Å². The fourth-order valence-corrected chi connectivity index (χ4v) is 2.54. The molecule has 0 bridgehead atoms. The third kappa shape index (κ3) is 2.30. The zero-order chi connectivity index (χ0) is 11.8. The van der Waals surface area contributed by atoms with E-state index in [1.54, 1.807) is 6.07 Å². The average Bonchev–Trinajstić information content (AvgIpc) is 2.98. The molecule has 1 unspecified atom stereocenters. The summed E-state index contributed by atoms with van der Waals surface area (Å²) in [6.45, 7) is 5.15. The normalized spacial score (nSPS) is 19.5. The van der Waals surface area contributed by atoms with Gasteiger partial charge in [0.2, 0.25) is 0 Å². The molecule has 0 saturated heterocycles. The Morgan fingerprint density at radius 1 is 1.50 bits per heavy atom. The minimum Gasteiger partial charge on any atom is -0.310 e. The predicted octanol–water partition coefficient (Wildman–Crippen LogP) is 4.04. The van der Waals surface area contributed by atoms with Crippen molar-refractivity contribution in [1.29, 1.82) is 0 Å². The lowest BCUT2D eigenvalue weighted by molar-refractivity contribution is 0.361. The highest BCUT2D eigenvalue weighted by molar-refractivity contribution is 9.10. The van der Waals surface area contributed by atoms with E-state index in [1.807, 2.05) is 6.07 Å². The van der Waals surface area contributed by atoms with Crippen molar-refractivity contribution in [2.24, 2.45) is 5.41 Å². The largest absolute Gasteiger partial charge is 0.310 e. The molecule has 1 saturated carbocycles. The van der Waals surface area contributed by atoms with Crippen molar-refractivity contribution in [3.05, 3.63) is 34.1 Å². The highest BCUT2D eigenvalue weighted by Crippen LogP contribution is 2.54. The maximum Gasteiger partial charge on any atom is 0.128 e. The average molecular weight is 286 g/mol. The van der Waals surface area contributed by atoms with Crippen LogP contribution in [0.25, 0.3) is 0 Å². The third-order valence-corrected chi connectivity index (χ3v) is 3.91. The molecule has 0 heterocycles. The van der Waals surface area contributed by atoms with Crippen LogP contribution < -0.4 is 5.32 Å². The first kappa shape index (κ1) is 12.1. The Kier molecular flexibility index (Phi) is 3.36. The fourth-order valence-electron chi connectivity index (χ4n) is 2.16. The summed E-state index contributed by atoms with van der Waals surface area (Å²) in [5.74, 6) is -0.109. The topological polar surface area (TPSA) is 12.0 Å². The van der Waals surface area contributed by atoms with Crippen molar-refractivity contribution < 1.29 is 4.39 Å². The van der Waals surface area contributed by atoms with Crippen molar-refractivity contribution in [3.63, 3.8) is 0 Å². The van der Waals surface area contributed by atoms with E-state index in [9.17, 15) is 4.39 Å². The van der Waals surface area contributed by atoms with Gasteiger partial charge < -0.3 is 5.32 Å². The maximum atomic E-state index is 13.8. The number of hydrogen-bond donors (Lipinski definition) is 1. The van der Waals surface area contributed by atoms with Gasteiger partial charge in [0, 0.05) is 16.1 Å². The first-order chi connectivity index (χ1) is 7.57. The molecule has 3 heteroatoms. The molecule has 16 heavy (non-hydrogen) atoms. The number of rotatable bonds is 4. The number of nitrogens with one attached hydrogen (secondary N) is 1. The minimum atomic E-state index is -0.109. The third-order valence-electron chi connectivity index (χ3n) is 3.41. The molecule has 1 aromatic carbocycles. The first-order valence-electron chi connectivity index (χ1n) is 5.75. The summed E-state index contributed by atoms with van der Waals surface area (Å²) in [4.78, 5) is 0. The Bertz CT molecular complexity index is 388. The molecule has 1 N–H and O–H groups in total. The van der Waals surface area contributed by atoms with Crippen LogP contribution in [0.4, 0.5) is 4.39 Å². The molecule has 0 spiro atoms. The molecular formula is C13H17BrFN. The molecule has 0 amide bonds. The molecule has 0 aromatic heterocycles.